The number of para-hydroxylation sites is 1. The van der Waals surface area contributed by atoms with Gasteiger partial charge in [-0.15, -0.1) is 0 Å². The van der Waals surface area contributed by atoms with Crippen LogP contribution in [0.15, 0.2) is 30.3 Å². The van der Waals surface area contributed by atoms with E-state index < -0.39 is 6.29 Å². The van der Waals surface area contributed by atoms with Crippen LogP contribution in [0.5, 0.6) is 5.75 Å². The van der Waals surface area contributed by atoms with Gasteiger partial charge in [-0.25, -0.2) is 0 Å². The SMILES string of the molecule is [2H]/C(=C1\COc2ccccc21)C(OCC)OCC. The zero-order valence-electron chi connectivity index (χ0n) is 11.2. The zero-order valence-corrected chi connectivity index (χ0v) is 10.2. The summed E-state index contributed by atoms with van der Waals surface area (Å²) < 4.78 is 24.7. The summed E-state index contributed by atoms with van der Waals surface area (Å²) in [6, 6.07) is 8.08. The molecule has 1 heterocycles. The monoisotopic (exact) mass is 235 g/mol. The number of ether oxygens (including phenoxy) is 3. The van der Waals surface area contributed by atoms with E-state index in [1.807, 2.05) is 38.1 Å². The van der Waals surface area contributed by atoms with E-state index in [-0.39, 0.29) is 0 Å². The summed E-state index contributed by atoms with van der Waals surface area (Å²) in [4.78, 5) is 0. The quantitative estimate of drug-likeness (QED) is 0.734. The molecule has 0 radical (unpaired) electrons. The fourth-order valence-electron chi connectivity index (χ4n) is 1.77. The molecule has 2 rings (SSSR count). The van der Waals surface area contributed by atoms with Gasteiger partial charge in [-0.1, -0.05) is 18.2 Å². The molecule has 1 aromatic carbocycles. The summed E-state index contributed by atoms with van der Waals surface area (Å²) in [5.41, 5.74) is 1.81. The molecule has 0 spiro atoms. The van der Waals surface area contributed by atoms with Gasteiger partial charge in [0.05, 0.1) is 1.37 Å². The van der Waals surface area contributed by atoms with Crippen molar-refractivity contribution in [2.24, 2.45) is 0 Å². The van der Waals surface area contributed by atoms with Gasteiger partial charge < -0.3 is 14.2 Å². The molecule has 0 aromatic heterocycles. The van der Waals surface area contributed by atoms with Crippen molar-refractivity contribution in [1.82, 2.24) is 0 Å². The van der Waals surface area contributed by atoms with Gasteiger partial charge >= 0.3 is 0 Å². The molecule has 1 aromatic rings. The summed E-state index contributed by atoms with van der Waals surface area (Å²) in [6.07, 6.45) is -0.607. The molecule has 3 nitrogen and oxygen atoms in total. The number of rotatable bonds is 5. The molecule has 92 valence electrons. The van der Waals surface area contributed by atoms with E-state index in [0.717, 1.165) is 16.9 Å². The lowest BCUT2D eigenvalue weighted by Crippen LogP contribution is -2.15. The maximum atomic E-state index is 8.21. The van der Waals surface area contributed by atoms with Gasteiger partial charge in [0.25, 0.3) is 0 Å². The fourth-order valence-corrected chi connectivity index (χ4v) is 1.77. The van der Waals surface area contributed by atoms with Crippen LogP contribution in [-0.2, 0) is 9.47 Å². The van der Waals surface area contributed by atoms with Crippen LogP contribution in [0.4, 0.5) is 0 Å². The molecule has 0 aliphatic carbocycles. The summed E-state index contributed by atoms with van der Waals surface area (Å²) in [7, 11) is 0. The van der Waals surface area contributed by atoms with E-state index in [4.69, 9.17) is 15.6 Å². The first-order valence-electron chi connectivity index (χ1n) is 6.43. The van der Waals surface area contributed by atoms with Crippen molar-refractivity contribution in [3.8, 4) is 5.75 Å². The molecule has 1 aliphatic heterocycles. The van der Waals surface area contributed by atoms with Gasteiger partial charge in [0.2, 0.25) is 0 Å². The van der Waals surface area contributed by atoms with Crippen molar-refractivity contribution >= 4 is 5.57 Å². The van der Waals surface area contributed by atoms with E-state index >= 15 is 0 Å². The Morgan fingerprint density at radius 3 is 2.76 bits per heavy atom. The second-order valence-electron chi connectivity index (χ2n) is 3.65. The Morgan fingerprint density at radius 1 is 1.35 bits per heavy atom. The minimum atomic E-state index is -0.607. The van der Waals surface area contributed by atoms with E-state index in [1.165, 1.54) is 0 Å². The predicted molar refractivity (Wildman–Crippen MR) is 67.0 cm³/mol. The van der Waals surface area contributed by atoms with Crippen molar-refractivity contribution in [1.29, 1.82) is 0 Å². The average molecular weight is 235 g/mol. The maximum absolute atomic E-state index is 8.21. The molecule has 0 bridgehead atoms. The van der Waals surface area contributed by atoms with Crippen LogP contribution in [0.2, 0.25) is 0 Å². The van der Waals surface area contributed by atoms with Crippen LogP contribution in [0.25, 0.3) is 5.57 Å². The van der Waals surface area contributed by atoms with Gasteiger partial charge in [-0.3, -0.25) is 0 Å². The Labute approximate surface area is 103 Å². The van der Waals surface area contributed by atoms with E-state index in [9.17, 15) is 0 Å². The first-order chi connectivity index (χ1) is 8.77. The first-order valence-corrected chi connectivity index (χ1v) is 5.93. The Bertz CT molecular complexity index is 436. The molecular formula is C14H18O3. The highest BCUT2D eigenvalue weighted by Crippen LogP contribution is 2.32. The molecule has 0 saturated heterocycles. The molecule has 0 unspecified atom stereocenters. The third kappa shape index (κ3) is 2.87. The van der Waals surface area contributed by atoms with Crippen LogP contribution in [0.3, 0.4) is 0 Å². The third-order valence-electron chi connectivity index (χ3n) is 2.51. The molecular weight excluding hydrogens is 216 g/mol. The number of hydrogen-bond donors (Lipinski definition) is 0. The van der Waals surface area contributed by atoms with Crippen LogP contribution < -0.4 is 4.74 Å². The molecule has 0 N–H and O–H groups in total. The highest BCUT2D eigenvalue weighted by atomic mass is 16.7. The summed E-state index contributed by atoms with van der Waals surface area (Å²) in [5.74, 6) is 0.823. The summed E-state index contributed by atoms with van der Waals surface area (Å²) in [6.45, 7) is 5.23. The smallest absolute Gasteiger partial charge is 0.177 e. The number of benzene rings is 1. The molecule has 3 heteroatoms. The van der Waals surface area contributed by atoms with E-state index in [1.54, 1.807) is 0 Å². The van der Waals surface area contributed by atoms with Crippen LogP contribution in [0, 0.1) is 0 Å². The lowest BCUT2D eigenvalue weighted by atomic mass is 10.1. The summed E-state index contributed by atoms with van der Waals surface area (Å²) >= 11 is 0. The van der Waals surface area contributed by atoms with Crippen LogP contribution >= 0.6 is 0 Å². The predicted octanol–water partition coefficient (Wildman–Crippen LogP) is 2.86. The highest BCUT2D eigenvalue weighted by Gasteiger charge is 2.18. The second-order valence-corrected chi connectivity index (χ2v) is 3.65. The first kappa shape index (κ1) is 10.8. The Hall–Kier alpha value is -1.32. The maximum Gasteiger partial charge on any atom is 0.177 e. The molecule has 17 heavy (non-hydrogen) atoms. The fraction of sp³-hybridized carbons (Fsp3) is 0.429. The average Bonchev–Trinajstić information content (AvgIpc) is 2.81. The van der Waals surface area contributed by atoms with Crippen LogP contribution in [-0.4, -0.2) is 26.1 Å². The third-order valence-corrected chi connectivity index (χ3v) is 2.51. The molecule has 0 fully saturated rings. The number of hydrogen-bond acceptors (Lipinski definition) is 3. The van der Waals surface area contributed by atoms with E-state index in [0.29, 0.717) is 25.9 Å². The zero-order chi connectivity index (χ0) is 13.0. The molecule has 0 saturated carbocycles. The van der Waals surface area contributed by atoms with Crippen LogP contribution in [0.1, 0.15) is 20.8 Å². The standard InChI is InChI=1S/C14H18O3/c1-3-15-14(16-4-2)9-11-10-17-13-8-6-5-7-12(11)13/h5-9,14H,3-4,10H2,1-2H3/b11-9-/i9D. The van der Waals surface area contributed by atoms with Crippen molar-refractivity contribution in [3.63, 3.8) is 0 Å². The van der Waals surface area contributed by atoms with Crippen molar-refractivity contribution in [2.75, 3.05) is 19.8 Å². The minimum absolute atomic E-state index is 0.351. The normalized spacial score (nSPS) is 17.7. The Kier molecular flexibility index (Phi) is 3.72. The number of fused-ring (bicyclic) bond motifs is 1. The van der Waals surface area contributed by atoms with Crippen molar-refractivity contribution in [2.45, 2.75) is 20.1 Å². The van der Waals surface area contributed by atoms with Crippen molar-refractivity contribution < 1.29 is 15.6 Å². The van der Waals surface area contributed by atoms with Gasteiger partial charge in [-0.2, -0.15) is 0 Å². The van der Waals surface area contributed by atoms with Gasteiger partial charge in [0.15, 0.2) is 6.29 Å². The highest BCUT2D eigenvalue weighted by molar-refractivity contribution is 5.74. The topological polar surface area (TPSA) is 27.7 Å². The molecule has 0 amide bonds. The molecule has 0 atom stereocenters. The lowest BCUT2D eigenvalue weighted by molar-refractivity contribution is -0.103. The second kappa shape index (κ2) is 5.84. The largest absolute Gasteiger partial charge is 0.488 e. The van der Waals surface area contributed by atoms with Crippen molar-refractivity contribution in [3.05, 3.63) is 35.9 Å². The van der Waals surface area contributed by atoms with E-state index in [2.05, 4.69) is 0 Å². The minimum Gasteiger partial charge on any atom is -0.488 e. The Morgan fingerprint density at radius 2 is 2.06 bits per heavy atom. The van der Waals surface area contributed by atoms with Gasteiger partial charge in [-0.05, 0) is 26.0 Å². The Balaban J connectivity index is 2.30. The summed E-state index contributed by atoms with van der Waals surface area (Å²) in [5, 5.41) is 0. The molecule has 1 aliphatic rings. The lowest BCUT2D eigenvalue weighted by Gasteiger charge is -2.13. The van der Waals surface area contributed by atoms with Gasteiger partial charge in [0, 0.05) is 24.4 Å². The van der Waals surface area contributed by atoms with Gasteiger partial charge in [0.1, 0.15) is 12.4 Å².